The van der Waals surface area contributed by atoms with Crippen molar-refractivity contribution in [2.45, 2.75) is 5.25 Å². The quantitative estimate of drug-likeness (QED) is 0.794. The molecular weight excluding hydrogens is 268 g/mol. The van der Waals surface area contributed by atoms with Gasteiger partial charge < -0.3 is 15.7 Å². The van der Waals surface area contributed by atoms with Crippen LogP contribution in [-0.2, 0) is 4.79 Å². The van der Waals surface area contributed by atoms with Gasteiger partial charge >= 0.3 is 5.97 Å². The number of allylic oxidation sites excluding steroid dienone is 1. The molecule has 0 saturated heterocycles. The Hall–Kier alpha value is -0.620. The molecule has 0 aromatic carbocycles. The average molecular weight is 279 g/mol. The van der Waals surface area contributed by atoms with Crippen molar-refractivity contribution in [2.24, 2.45) is 5.73 Å². The summed E-state index contributed by atoms with van der Waals surface area (Å²) in [6.07, 6.45) is 1.76. The van der Waals surface area contributed by atoms with Crippen molar-refractivity contribution in [1.29, 1.82) is 0 Å². The SMILES string of the molecule is CN(C)C=C1C(Br)=C(N)SC1C(=O)O. The van der Waals surface area contributed by atoms with Gasteiger partial charge in [0.05, 0.1) is 9.51 Å². The molecule has 1 heterocycles. The second-order valence-corrected chi connectivity index (χ2v) is 5.00. The van der Waals surface area contributed by atoms with Crippen LogP contribution >= 0.6 is 27.7 Å². The van der Waals surface area contributed by atoms with Gasteiger partial charge in [0.15, 0.2) is 0 Å². The molecule has 1 atom stereocenters. The highest BCUT2D eigenvalue weighted by molar-refractivity contribution is 9.12. The van der Waals surface area contributed by atoms with Crippen LogP contribution in [0.2, 0.25) is 0 Å². The maximum Gasteiger partial charge on any atom is 0.321 e. The number of carbonyl (C=O) groups is 1. The van der Waals surface area contributed by atoms with E-state index in [0.29, 0.717) is 15.1 Å². The Morgan fingerprint density at radius 1 is 1.71 bits per heavy atom. The summed E-state index contributed by atoms with van der Waals surface area (Å²) in [4.78, 5) is 12.7. The van der Waals surface area contributed by atoms with Crippen molar-refractivity contribution in [2.75, 3.05) is 14.1 Å². The summed E-state index contributed by atoms with van der Waals surface area (Å²) in [5.74, 6) is -0.875. The summed E-state index contributed by atoms with van der Waals surface area (Å²) in [7, 11) is 3.68. The van der Waals surface area contributed by atoms with Gasteiger partial charge in [0.2, 0.25) is 0 Å². The van der Waals surface area contributed by atoms with Crippen LogP contribution in [0.25, 0.3) is 0 Å². The molecule has 1 aliphatic heterocycles. The summed E-state index contributed by atoms with van der Waals surface area (Å²) >= 11 is 4.43. The van der Waals surface area contributed by atoms with Gasteiger partial charge in [-0.3, -0.25) is 4.79 Å². The van der Waals surface area contributed by atoms with Crippen LogP contribution in [0.15, 0.2) is 21.3 Å². The van der Waals surface area contributed by atoms with Crippen molar-refractivity contribution >= 4 is 33.7 Å². The highest BCUT2D eigenvalue weighted by Crippen LogP contribution is 2.42. The Bertz CT molecular complexity index is 325. The Morgan fingerprint density at radius 3 is 2.71 bits per heavy atom. The maximum absolute atomic E-state index is 10.9. The Labute approximate surface area is 95.0 Å². The van der Waals surface area contributed by atoms with Gasteiger partial charge in [-0.2, -0.15) is 0 Å². The van der Waals surface area contributed by atoms with Crippen LogP contribution in [0.5, 0.6) is 0 Å². The zero-order valence-corrected chi connectivity index (χ0v) is 10.2. The number of hydrogen-bond acceptors (Lipinski definition) is 4. The summed E-state index contributed by atoms with van der Waals surface area (Å²) in [5.41, 5.74) is 6.34. The van der Waals surface area contributed by atoms with Crippen LogP contribution in [-0.4, -0.2) is 35.3 Å². The van der Waals surface area contributed by atoms with Crippen molar-refractivity contribution in [3.63, 3.8) is 0 Å². The Morgan fingerprint density at radius 2 is 2.29 bits per heavy atom. The lowest BCUT2D eigenvalue weighted by atomic mass is 10.2. The van der Waals surface area contributed by atoms with E-state index in [1.54, 1.807) is 11.1 Å². The van der Waals surface area contributed by atoms with E-state index in [0.717, 1.165) is 11.8 Å². The summed E-state index contributed by atoms with van der Waals surface area (Å²) in [6.45, 7) is 0. The normalized spacial score (nSPS) is 24.5. The lowest BCUT2D eigenvalue weighted by Crippen LogP contribution is -2.18. The van der Waals surface area contributed by atoms with E-state index in [-0.39, 0.29) is 0 Å². The number of carboxylic acid groups (broad SMARTS) is 1. The lowest BCUT2D eigenvalue weighted by molar-refractivity contribution is -0.135. The summed E-state index contributed by atoms with van der Waals surface area (Å²) in [5, 5.41) is 8.86. The van der Waals surface area contributed by atoms with Crippen LogP contribution in [0.1, 0.15) is 0 Å². The second-order valence-electron chi connectivity index (χ2n) is 3.06. The lowest BCUT2D eigenvalue weighted by Gasteiger charge is -2.11. The summed E-state index contributed by atoms with van der Waals surface area (Å²) in [6, 6.07) is 0. The number of nitrogens with zero attached hydrogens (tertiary/aromatic N) is 1. The number of thioether (sulfide) groups is 1. The minimum absolute atomic E-state index is 0.519. The molecule has 0 bridgehead atoms. The van der Waals surface area contributed by atoms with Gasteiger partial charge in [0, 0.05) is 25.9 Å². The van der Waals surface area contributed by atoms with Gasteiger partial charge in [0.1, 0.15) is 5.25 Å². The molecule has 1 rings (SSSR count). The van der Waals surface area contributed by atoms with Crippen LogP contribution < -0.4 is 5.73 Å². The molecule has 3 N–H and O–H groups in total. The molecule has 0 radical (unpaired) electrons. The van der Waals surface area contributed by atoms with E-state index in [1.807, 2.05) is 14.1 Å². The minimum atomic E-state index is -0.875. The zero-order chi connectivity index (χ0) is 10.9. The first-order chi connectivity index (χ1) is 6.43. The first kappa shape index (κ1) is 11.5. The average Bonchev–Trinajstić information content (AvgIpc) is 2.32. The van der Waals surface area contributed by atoms with Gasteiger partial charge in [-0.1, -0.05) is 11.8 Å². The van der Waals surface area contributed by atoms with Crippen molar-refractivity contribution in [1.82, 2.24) is 4.90 Å². The third-order valence-electron chi connectivity index (χ3n) is 1.62. The molecule has 14 heavy (non-hydrogen) atoms. The molecule has 6 heteroatoms. The molecule has 4 nitrogen and oxygen atoms in total. The standard InChI is InChI=1S/C8H11BrN2O2S/c1-11(2)3-4-5(9)7(10)14-6(4)8(12)13/h3,6H,10H2,1-2H3,(H,12,13). The molecule has 1 aliphatic rings. The van der Waals surface area contributed by atoms with E-state index < -0.39 is 11.2 Å². The van der Waals surface area contributed by atoms with Crippen molar-refractivity contribution in [3.8, 4) is 0 Å². The van der Waals surface area contributed by atoms with E-state index in [9.17, 15) is 4.79 Å². The molecule has 0 fully saturated rings. The number of rotatable bonds is 2. The van der Waals surface area contributed by atoms with Crippen LogP contribution in [0.3, 0.4) is 0 Å². The third-order valence-corrected chi connectivity index (χ3v) is 3.92. The van der Waals surface area contributed by atoms with E-state index in [2.05, 4.69) is 15.9 Å². The van der Waals surface area contributed by atoms with Crippen molar-refractivity contribution < 1.29 is 9.90 Å². The molecule has 0 saturated carbocycles. The highest BCUT2D eigenvalue weighted by atomic mass is 79.9. The highest BCUT2D eigenvalue weighted by Gasteiger charge is 2.33. The predicted molar refractivity (Wildman–Crippen MR) is 60.9 cm³/mol. The number of halogens is 1. The largest absolute Gasteiger partial charge is 0.480 e. The Balaban J connectivity index is 3.03. The zero-order valence-electron chi connectivity index (χ0n) is 7.82. The number of aliphatic carboxylic acids is 1. The van der Waals surface area contributed by atoms with Crippen molar-refractivity contribution in [3.05, 3.63) is 21.3 Å². The van der Waals surface area contributed by atoms with Gasteiger partial charge in [-0.25, -0.2) is 0 Å². The van der Waals surface area contributed by atoms with Gasteiger partial charge in [-0.15, -0.1) is 0 Å². The molecule has 0 aromatic heterocycles. The monoisotopic (exact) mass is 278 g/mol. The topological polar surface area (TPSA) is 66.6 Å². The Kier molecular flexibility index (Phi) is 3.49. The minimum Gasteiger partial charge on any atom is -0.480 e. The number of hydrogen-bond donors (Lipinski definition) is 2. The first-order valence-corrected chi connectivity index (χ1v) is 5.54. The predicted octanol–water partition coefficient (Wildman–Crippen LogP) is 1.15. The summed E-state index contributed by atoms with van der Waals surface area (Å²) < 4.78 is 0.684. The van der Waals surface area contributed by atoms with Gasteiger partial charge in [-0.05, 0) is 15.9 Å². The smallest absolute Gasteiger partial charge is 0.321 e. The maximum atomic E-state index is 10.9. The van der Waals surface area contributed by atoms with E-state index >= 15 is 0 Å². The third kappa shape index (κ3) is 2.24. The second kappa shape index (κ2) is 4.27. The van der Waals surface area contributed by atoms with Gasteiger partial charge in [0.25, 0.3) is 0 Å². The number of carboxylic acids is 1. The fourth-order valence-electron chi connectivity index (χ4n) is 1.09. The molecule has 0 amide bonds. The first-order valence-electron chi connectivity index (χ1n) is 3.86. The van der Waals surface area contributed by atoms with Crippen LogP contribution in [0, 0.1) is 0 Å². The fraction of sp³-hybridized carbons (Fsp3) is 0.375. The molecule has 1 unspecified atom stereocenters. The van der Waals surface area contributed by atoms with Crippen LogP contribution in [0.4, 0.5) is 0 Å². The fourth-order valence-corrected chi connectivity index (χ4v) is 2.73. The molecule has 0 aromatic rings. The molecular formula is C8H11BrN2O2S. The molecule has 78 valence electrons. The van der Waals surface area contributed by atoms with E-state index in [1.165, 1.54) is 0 Å². The van der Waals surface area contributed by atoms with E-state index in [4.69, 9.17) is 10.8 Å². The molecule has 0 aliphatic carbocycles. The number of nitrogens with two attached hydrogens (primary N) is 1. The molecule has 0 spiro atoms.